The summed E-state index contributed by atoms with van der Waals surface area (Å²) in [7, 11) is 1.16. The summed E-state index contributed by atoms with van der Waals surface area (Å²) in [6, 6.07) is 8.82. The molecule has 0 radical (unpaired) electrons. The van der Waals surface area contributed by atoms with Crippen molar-refractivity contribution in [1.29, 1.82) is 0 Å². The zero-order valence-electron chi connectivity index (χ0n) is 15.7. The number of nitrogens with zero attached hydrogens (tertiary/aromatic N) is 2. The van der Waals surface area contributed by atoms with E-state index >= 15 is 0 Å². The van der Waals surface area contributed by atoms with E-state index in [-0.39, 0.29) is 12.0 Å². The molecule has 1 aromatic heterocycles. The molecule has 0 saturated heterocycles. The number of non-ortho nitro benzene ring substituents is 2. The fraction of sp³-hybridized carbons (Fsp3) is 0.158. The summed E-state index contributed by atoms with van der Waals surface area (Å²) >= 11 is 0. The minimum Gasteiger partial charge on any atom is -0.467 e. The first-order chi connectivity index (χ1) is 14.3. The van der Waals surface area contributed by atoms with Gasteiger partial charge in [-0.05, 0) is 11.6 Å². The van der Waals surface area contributed by atoms with Crippen molar-refractivity contribution in [3.63, 3.8) is 0 Å². The zero-order valence-corrected chi connectivity index (χ0v) is 15.7. The minimum absolute atomic E-state index is 0.0828. The molecule has 3 rings (SSSR count). The van der Waals surface area contributed by atoms with E-state index in [4.69, 9.17) is 4.74 Å². The van der Waals surface area contributed by atoms with Crippen LogP contribution in [0.1, 0.15) is 15.9 Å². The Labute approximate surface area is 168 Å². The molecule has 0 aliphatic carbocycles. The number of carbonyl (C=O) groups is 2. The Bertz CT molecular complexity index is 1120. The Morgan fingerprint density at radius 2 is 1.73 bits per heavy atom. The number of nitro groups is 2. The molecular weight excluding hydrogens is 396 g/mol. The molecule has 3 aromatic rings. The lowest BCUT2D eigenvalue weighted by molar-refractivity contribution is -0.394. The lowest BCUT2D eigenvalue weighted by Crippen LogP contribution is -2.43. The monoisotopic (exact) mass is 412 g/mol. The Morgan fingerprint density at radius 3 is 2.33 bits per heavy atom. The van der Waals surface area contributed by atoms with E-state index in [1.807, 2.05) is 24.3 Å². The van der Waals surface area contributed by atoms with Crippen LogP contribution in [0.4, 0.5) is 11.4 Å². The third kappa shape index (κ3) is 4.24. The number of benzene rings is 2. The molecule has 0 aliphatic rings. The summed E-state index contributed by atoms with van der Waals surface area (Å²) in [6.07, 6.45) is 1.78. The SMILES string of the molecule is COC(=O)C(Cc1c[nH]c2ccccc12)NC(=O)c1cc([N+](=O)[O-])cc([N+](=O)[O-])c1. The number of hydrogen-bond donors (Lipinski definition) is 2. The van der Waals surface area contributed by atoms with Gasteiger partial charge in [-0.25, -0.2) is 4.79 Å². The van der Waals surface area contributed by atoms with Crippen LogP contribution in [-0.4, -0.2) is 39.9 Å². The number of amides is 1. The van der Waals surface area contributed by atoms with Crippen LogP contribution in [0.25, 0.3) is 10.9 Å². The molecule has 11 nitrogen and oxygen atoms in total. The van der Waals surface area contributed by atoms with Crippen LogP contribution in [0.5, 0.6) is 0 Å². The van der Waals surface area contributed by atoms with Gasteiger partial charge in [0, 0.05) is 35.7 Å². The van der Waals surface area contributed by atoms with Gasteiger partial charge in [0.25, 0.3) is 17.3 Å². The molecule has 2 N–H and O–H groups in total. The Hall–Kier alpha value is -4.28. The molecule has 1 atom stereocenters. The highest BCUT2D eigenvalue weighted by Crippen LogP contribution is 2.23. The van der Waals surface area contributed by atoms with Crippen molar-refractivity contribution in [2.45, 2.75) is 12.5 Å². The largest absolute Gasteiger partial charge is 0.467 e. The second-order valence-electron chi connectivity index (χ2n) is 6.37. The second-order valence-corrected chi connectivity index (χ2v) is 6.37. The van der Waals surface area contributed by atoms with Crippen LogP contribution in [0.15, 0.2) is 48.7 Å². The van der Waals surface area contributed by atoms with Crippen LogP contribution in [0.2, 0.25) is 0 Å². The topological polar surface area (TPSA) is 157 Å². The van der Waals surface area contributed by atoms with Gasteiger partial charge < -0.3 is 15.0 Å². The number of methoxy groups -OCH3 is 1. The molecule has 2 aromatic carbocycles. The Morgan fingerprint density at radius 1 is 1.10 bits per heavy atom. The number of fused-ring (bicyclic) bond motifs is 1. The molecule has 11 heteroatoms. The average Bonchev–Trinajstić information content (AvgIpc) is 3.15. The van der Waals surface area contributed by atoms with Crippen molar-refractivity contribution in [1.82, 2.24) is 10.3 Å². The first kappa shape index (κ1) is 20.5. The predicted octanol–water partition coefficient (Wildman–Crippen LogP) is 2.50. The maximum atomic E-state index is 12.6. The van der Waals surface area contributed by atoms with Crippen molar-refractivity contribution < 1.29 is 24.2 Å². The summed E-state index contributed by atoms with van der Waals surface area (Å²) in [6.45, 7) is 0. The quantitative estimate of drug-likeness (QED) is 0.343. The van der Waals surface area contributed by atoms with Gasteiger partial charge in [0.1, 0.15) is 6.04 Å². The lowest BCUT2D eigenvalue weighted by Gasteiger charge is -2.16. The van der Waals surface area contributed by atoms with E-state index in [2.05, 4.69) is 10.3 Å². The number of nitro benzene ring substituents is 2. The van der Waals surface area contributed by atoms with Crippen molar-refractivity contribution in [2.75, 3.05) is 7.11 Å². The van der Waals surface area contributed by atoms with Crippen molar-refractivity contribution in [2.24, 2.45) is 0 Å². The Kier molecular flexibility index (Phi) is 5.72. The first-order valence-electron chi connectivity index (χ1n) is 8.67. The molecule has 30 heavy (non-hydrogen) atoms. The number of aromatic amines is 1. The highest BCUT2D eigenvalue weighted by molar-refractivity contribution is 5.98. The van der Waals surface area contributed by atoms with Crippen LogP contribution >= 0.6 is 0 Å². The number of hydrogen-bond acceptors (Lipinski definition) is 7. The Balaban J connectivity index is 1.90. The second kappa shape index (κ2) is 8.39. The number of carbonyl (C=O) groups excluding carboxylic acids is 2. The van der Waals surface area contributed by atoms with Gasteiger partial charge in [0.2, 0.25) is 0 Å². The first-order valence-corrected chi connectivity index (χ1v) is 8.67. The standard InChI is InChI=1S/C19H16N4O7/c1-30-19(25)17(8-12-10-20-16-5-3-2-4-15(12)16)21-18(24)11-6-13(22(26)27)9-14(7-11)23(28)29/h2-7,9-10,17,20H,8H2,1H3,(H,21,24). The molecule has 0 fully saturated rings. The summed E-state index contributed by atoms with van der Waals surface area (Å²) in [4.78, 5) is 48.3. The maximum Gasteiger partial charge on any atom is 0.328 e. The van der Waals surface area contributed by atoms with E-state index in [0.717, 1.165) is 41.8 Å². The van der Waals surface area contributed by atoms with Gasteiger partial charge in [-0.3, -0.25) is 25.0 Å². The molecule has 0 spiro atoms. The molecule has 0 saturated carbocycles. The predicted molar refractivity (Wildman–Crippen MR) is 105 cm³/mol. The maximum absolute atomic E-state index is 12.6. The molecule has 154 valence electrons. The number of ether oxygens (including phenoxy) is 1. The summed E-state index contributed by atoms with van der Waals surface area (Å²) in [5.41, 5.74) is 0.0491. The molecule has 1 heterocycles. The number of nitrogens with one attached hydrogen (secondary N) is 2. The van der Waals surface area contributed by atoms with E-state index in [1.165, 1.54) is 0 Å². The highest BCUT2D eigenvalue weighted by atomic mass is 16.6. The van der Waals surface area contributed by atoms with Crippen molar-refractivity contribution in [3.05, 3.63) is 80.0 Å². The molecular formula is C19H16N4O7. The van der Waals surface area contributed by atoms with Gasteiger partial charge in [-0.15, -0.1) is 0 Å². The number of esters is 1. The zero-order chi connectivity index (χ0) is 21.8. The summed E-state index contributed by atoms with van der Waals surface area (Å²) < 4.78 is 4.75. The van der Waals surface area contributed by atoms with Gasteiger partial charge in [0.15, 0.2) is 0 Å². The van der Waals surface area contributed by atoms with Gasteiger partial charge in [-0.1, -0.05) is 18.2 Å². The number of aromatic nitrogens is 1. The normalized spacial score (nSPS) is 11.6. The summed E-state index contributed by atoms with van der Waals surface area (Å²) in [5.74, 6) is -1.61. The van der Waals surface area contributed by atoms with Crippen LogP contribution in [-0.2, 0) is 16.0 Å². The number of para-hydroxylation sites is 1. The summed E-state index contributed by atoms with van der Waals surface area (Å²) in [5, 5.41) is 25.4. The average molecular weight is 412 g/mol. The van der Waals surface area contributed by atoms with Crippen molar-refractivity contribution >= 4 is 34.2 Å². The third-order valence-electron chi connectivity index (χ3n) is 4.48. The lowest BCUT2D eigenvalue weighted by atomic mass is 10.0. The molecule has 0 aliphatic heterocycles. The number of H-pyrrole nitrogens is 1. The van der Waals surface area contributed by atoms with Gasteiger partial charge >= 0.3 is 5.97 Å². The minimum atomic E-state index is -1.11. The van der Waals surface area contributed by atoms with Crippen LogP contribution in [0, 0.1) is 20.2 Å². The van der Waals surface area contributed by atoms with Gasteiger partial charge in [0.05, 0.1) is 28.6 Å². The fourth-order valence-corrected chi connectivity index (χ4v) is 3.03. The van der Waals surface area contributed by atoms with E-state index in [0.29, 0.717) is 0 Å². The van der Waals surface area contributed by atoms with E-state index in [9.17, 15) is 29.8 Å². The smallest absolute Gasteiger partial charge is 0.328 e. The van der Waals surface area contributed by atoms with Crippen LogP contribution < -0.4 is 5.32 Å². The van der Waals surface area contributed by atoms with Crippen molar-refractivity contribution in [3.8, 4) is 0 Å². The highest BCUT2D eigenvalue weighted by Gasteiger charge is 2.26. The van der Waals surface area contributed by atoms with Crippen LogP contribution in [0.3, 0.4) is 0 Å². The molecule has 0 bridgehead atoms. The third-order valence-corrected chi connectivity index (χ3v) is 4.48. The number of rotatable bonds is 7. The van der Waals surface area contributed by atoms with E-state index < -0.39 is 39.1 Å². The fourth-order valence-electron chi connectivity index (χ4n) is 3.03. The molecule has 1 amide bonds. The molecule has 1 unspecified atom stereocenters. The van der Waals surface area contributed by atoms with Gasteiger partial charge in [-0.2, -0.15) is 0 Å². The van der Waals surface area contributed by atoms with E-state index in [1.54, 1.807) is 6.20 Å².